The third-order valence-electron chi connectivity index (χ3n) is 2.40. The summed E-state index contributed by atoms with van der Waals surface area (Å²) in [6.07, 6.45) is 2.63. The Labute approximate surface area is 64.5 Å². The van der Waals surface area contributed by atoms with Gasteiger partial charge in [0.15, 0.2) is 0 Å². The first-order valence-electron chi connectivity index (χ1n) is 4.12. The summed E-state index contributed by atoms with van der Waals surface area (Å²) in [4.78, 5) is 4.80. The van der Waals surface area contributed by atoms with E-state index in [1.807, 2.05) is 0 Å². The molecule has 1 unspecified atom stereocenters. The van der Waals surface area contributed by atoms with Crippen LogP contribution in [0.15, 0.2) is 0 Å². The Morgan fingerprint density at radius 3 is 2.70 bits per heavy atom. The number of rotatable bonds is 1. The Hall–Kier alpha value is -0.0151. The second kappa shape index (κ2) is 3.40. The predicted molar refractivity (Wildman–Crippen MR) is 46.2 cm³/mol. The highest BCUT2D eigenvalue weighted by molar-refractivity contribution is 6.28. The van der Waals surface area contributed by atoms with Gasteiger partial charge in [0.1, 0.15) is 0 Å². The Morgan fingerprint density at radius 1 is 1.50 bits per heavy atom. The molecule has 1 aliphatic heterocycles. The van der Waals surface area contributed by atoms with Gasteiger partial charge in [-0.05, 0) is 33.5 Å². The summed E-state index contributed by atoms with van der Waals surface area (Å²) in [5.74, 6) is 0. The van der Waals surface area contributed by atoms with Crippen LogP contribution in [0.2, 0.25) is 0 Å². The zero-order chi connectivity index (χ0) is 7.56. The van der Waals surface area contributed by atoms with Crippen LogP contribution in [-0.2, 0) is 0 Å². The normalized spacial score (nSPS) is 30.1. The SMILES string of the molecule is CCC1CCN(C)BN1C. The van der Waals surface area contributed by atoms with Crippen LogP contribution in [-0.4, -0.2) is 43.9 Å². The molecule has 1 atom stereocenters. The lowest BCUT2D eigenvalue weighted by Gasteiger charge is -2.36. The zero-order valence-corrected chi connectivity index (χ0v) is 7.30. The van der Waals surface area contributed by atoms with E-state index in [2.05, 4.69) is 30.6 Å². The molecule has 1 fully saturated rings. The molecule has 1 aliphatic rings. The molecule has 0 aliphatic carbocycles. The first-order chi connectivity index (χ1) is 4.74. The van der Waals surface area contributed by atoms with Gasteiger partial charge in [-0.2, -0.15) is 0 Å². The van der Waals surface area contributed by atoms with Gasteiger partial charge in [-0.1, -0.05) is 6.92 Å². The van der Waals surface area contributed by atoms with Gasteiger partial charge in [-0.25, -0.2) is 0 Å². The van der Waals surface area contributed by atoms with Gasteiger partial charge in [0, 0.05) is 6.04 Å². The van der Waals surface area contributed by atoms with Crippen molar-refractivity contribution in [1.82, 2.24) is 9.62 Å². The molecule has 0 radical (unpaired) electrons. The smallest absolute Gasteiger partial charge is 0.291 e. The van der Waals surface area contributed by atoms with E-state index in [1.165, 1.54) is 19.4 Å². The van der Waals surface area contributed by atoms with Gasteiger partial charge in [-0.3, -0.25) is 0 Å². The maximum absolute atomic E-state index is 2.43. The molecule has 3 heteroatoms. The fourth-order valence-electron chi connectivity index (χ4n) is 1.67. The van der Waals surface area contributed by atoms with Gasteiger partial charge in [0.2, 0.25) is 0 Å². The topological polar surface area (TPSA) is 6.48 Å². The number of hydrogen-bond acceptors (Lipinski definition) is 2. The van der Waals surface area contributed by atoms with Crippen LogP contribution in [0.25, 0.3) is 0 Å². The van der Waals surface area contributed by atoms with Crippen LogP contribution in [0.5, 0.6) is 0 Å². The average molecular weight is 140 g/mol. The largest absolute Gasteiger partial charge is 0.334 e. The van der Waals surface area contributed by atoms with E-state index in [9.17, 15) is 0 Å². The molecule has 1 saturated heterocycles. The summed E-state index contributed by atoms with van der Waals surface area (Å²) >= 11 is 0. The summed E-state index contributed by atoms with van der Waals surface area (Å²) < 4.78 is 0. The quantitative estimate of drug-likeness (QED) is 0.483. The second-order valence-electron chi connectivity index (χ2n) is 3.33. The van der Waals surface area contributed by atoms with E-state index in [0.717, 1.165) is 13.6 Å². The van der Waals surface area contributed by atoms with Gasteiger partial charge in [-0.15, -0.1) is 0 Å². The van der Waals surface area contributed by atoms with E-state index in [0.29, 0.717) is 0 Å². The van der Waals surface area contributed by atoms with Crippen molar-refractivity contribution in [2.45, 2.75) is 25.8 Å². The second-order valence-corrected chi connectivity index (χ2v) is 3.33. The van der Waals surface area contributed by atoms with Gasteiger partial charge >= 0.3 is 0 Å². The van der Waals surface area contributed by atoms with Crippen molar-refractivity contribution in [3.05, 3.63) is 0 Å². The molecule has 0 amide bonds. The zero-order valence-electron chi connectivity index (χ0n) is 7.30. The van der Waals surface area contributed by atoms with Crippen molar-refractivity contribution in [3.8, 4) is 0 Å². The lowest BCUT2D eigenvalue weighted by molar-refractivity contribution is 0.267. The summed E-state index contributed by atoms with van der Waals surface area (Å²) in [5.41, 5.74) is 0. The van der Waals surface area contributed by atoms with Crippen LogP contribution in [0.4, 0.5) is 0 Å². The van der Waals surface area contributed by atoms with E-state index in [4.69, 9.17) is 0 Å². The molecule has 0 spiro atoms. The molecular formula is C7H17BN2. The number of nitrogens with zero attached hydrogens (tertiary/aromatic N) is 2. The first kappa shape index (κ1) is 8.09. The minimum Gasteiger partial charge on any atom is -0.334 e. The van der Waals surface area contributed by atoms with Crippen molar-refractivity contribution >= 4 is 7.55 Å². The Kier molecular flexibility index (Phi) is 2.75. The minimum atomic E-state index is 0.830. The third kappa shape index (κ3) is 1.73. The van der Waals surface area contributed by atoms with E-state index < -0.39 is 0 Å². The van der Waals surface area contributed by atoms with E-state index in [1.54, 1.807) is 0 Å². The van der Waals surface area contributed by atoms with Gasteiger partial charge < -0.3 is 9.62 Å². The molecule has 58 valence electrons. The summed E-state index contributed by atoms with van der Waals surface area (Å²) in [5, 5.41) is 0. The van der Waals surface area contributed by atoms with Crippen molar-refractivity contribution in [2.75, 3.05) is 20.6 Å². The maximum atomic E-state index is 2.43. The molecule has 0 aromatic carbocycles. The van der Waals surface area contributed by atoms with Crippen molar-refractivity contribution < 1.29 is 0 Å². The molecule has 0 saturated carbocycles. The standard InChI is InChI=1S/C7H17BN2/c1-4-7-5-6-9(2)8-10(7)3/h7-8H,4-6H2,1-3H3. The fraction of sp³-hybridized carbons (Fsp3) is 1.00. The lowest BCUT2D eigenvalue weighted by atomic mass is 9.93. The maximum Gasteiger partial charge on any atom is 0.291 e. The van der Waals surface area contributed by atoms with Gasteiger partial charge in [0.25, 0.3) is 7.55 Å². The molecule has 10 heavy (non-hydrogen) atoms. The highest BCUT2D eigenvalue weighted by atomic mass is 15.2. The van der Waals surface area contributed by atoms with Crippen molar-refractivity contribution in [1.29, 1.82) is 0 Å². The molecule has 1 heterocycles. The summed E-state index contributed by atoms with van der Waals surface area (Å²) in [6.45, 7) is 3.54. The fourth-order valence-corrected chi connectivity index (χ4v) is 1.67. The van der Waals surface area contributed by atoms with Gasteiger partial charge in [0.05, 0.1) is 0 Å². The highest BCUT2D eigenvalue weighted by Gasteiger charge is 2.20. The minimum absolute atomic E-state index is 0.830. The summed E-state index contributed by atoms with van der Waals surface area (Å²) in [6, 6.07) is 0.830. The number of hydrogen-bond donors (Lipinski definition) is 0. The predicted octanol–water partition coefficient (Wildman–Crippen LogP) is 0.299. The van der Waals surface area contributed by atoms with Crippen LogP contribution in [0.1, 0.15) is 19.8 Å². The van der Waals surface area contributed by atoms with Crippen molar-refractivity contribution in [2.24, 2.45) is 0 Å². The van der Waals surface area contributed by atoms with E-state index in [-0.39, 0.29) is 0 Å². The Balaban J connectivity index is 2.36. The Bertz CT molecular complexity index is 108. The van der Waals surface area contributed by atoms with Crippen LogP contribution in [0.3, 0.4) is 0 Å². The molecule has 1 rings (SSSR count). The Morgan fingerprint density at radius 2 is 2.20 bits per heavy atom. The summed E-state index contributed by atoms with van der Waals surface area (Å²) in [7, 11) is 5.53. The molecule has 0 aromatic heterocycles. The molecule has 2 nitrogen and oxygen atoms in total. The molecular weight excluding hydrogens is 123 g/mol. The molecule has 0 N–H and O–H groups in total. The highest BCUT2D eigenvalue weighted by Crippen LogP contribution is 2.10. The first-order valence-corrected chi connectivity index (χ1v) is 4.12. The monoisotopic (exact) mass is 140 g/mol. The average Bonchev–Trinajstić information content (AvgIpc) is 1.88. The van der Waals surface area contributed by atoms with Crippen LogP contribution >= 0.6 is 0 Å². The van der Waals surface area contributed by atoms with Crippen molar-refractivity contribution in [3.63, 3.8) is 0 Å². The lowest BCUT2D eigenvalue weighted by Crippen LogP contribution is -2.49. The third-order valence-corrected chi connectivity index (χ3v) is 2.40. The van der Waals surface area contributed by atoms with Crippen LogP contribution < -0.4 is 0 Å². The molecule has 0 bridgehead atoms. The van der Waals surface area contributed by atoms with Crippen LogP contribution in [0, 0.1) is 0 Å². The molecule has 0 aromatic rings. The van der Waals surface area contributed by atoms with E-state index >= 15 is 0 Å².